The van der Waals surface area contributed by atoms with Crippen LogP contribution < -0.4 is 0 Å². The molecule has 0 spiro atoms. The van der Waals surface area contributed by atoms with Crippen LogP contribution in [0.4, 0.5) is 0 Å². The quantitative estimate of drug-likeness (QED) is 0.687. The van der Waals surface area contributed by atoms with Crippen LogP contribution in [-0.4, -0.2) is 15.6 Å². The van der Waals surface area contributed by atoms with Gasteiger partial charge in [0.2, 0.25) is 5.78 Å². The zero-order valence-corrected chi connectivity index (χ0v) is 11.4. The lowest BCUT2D eigenvalue weighted by molar-refractivity contribution is 0.103. The van der Waals surface area contributed by atoms with Crippen LogP contribution in [-0.2, 0) is 0 Å². The molecule has 0 unspecified atom stereocenters. The molecule has 0 bridgehead atoms. The first-order chi connectivity index (χ1) is 9.24. The Morgan fingerprint density at radius 1 is 1.11 bits per heavy atom. The number of aromatic nitrogens is 2. The molecule has 0 fully saturated rings. The minimum absolute atomic E-state index is 0.105. The zero-order chi connectivity index (χ0) is 13.2. The first-order valence-electron chi connectivity index (χ1n) is 5.65. The van der Waals surface area contributed by atoms with E-state index in [1.54, 1.807) is 29.1 Å². The Morgan fingerprint density at radius 2 is 1.89 bits per heavy atom. The van der Waals surface area contributed by atoms with Crippen molar-refractivity contribution >= 4 is 28.7 Å². The molecule has 3 nitrogen and oxygen atoms in total. The van der Waals surface area contributed by atoms with Gasteiger partial charge in [-0.15, -0.1) is 11.3 Å². The molecule has 3 rings (SSSR count). The Bertz CT molecular complexity index is 718. The van der Waals surface area contributed by atoms with Gasteiger partial charge in [-0.2, -0.15) is 5.10 Å². The van der Waals surface area contributed by atoms with Crippen molar-refractivity contribution in [1.82, 2.24) is 9.78 Å². The number of rotatable bonds is 3. The van der Waals surface area contributed by atoms with Gasteiger partial charge >= 0.3 is 0 Å². The highest BCUT2D eigenvalue weighted by atomic mass is 35.5. The van der Waals surface area contributed by atoms with Crippen molar-refractivity contribution in [2.75, 3.05) is 0 Å². The van der Waals surface area contributed by atoms with Gasteiger partial charge < -0.3 is 0 Å². The van der Waals surface area contributed by atoms with Crippen LogP contribution in [0.1, 0.15) is 15.4 Å². The van der Waals surface area contributed by atoms with E-state index in [0.717, 1.165) is 5.69 Å². The van der Waals surface area contributed by atoms with Crippen LogP contribution >= 0.6 is 22.9 Å². The smallest absolute Gasteiger partial charge is 0.223 e. The number of nitrogens with zero attached hydrogens (tertiary/aromatic N) is 2. The number of hydrogen-bond donors (Lipinski definition) is 0. The summed E-state index contributed by atoms with van der Waals surface area (Å²) in [5.41, 5.74) is 1.34. The van der Waals surface area contributed by atoms with E-state index in [1.165, 1.54) is 11.3 Å². The number of carbonyl (C=O) groups excluding carboxylic acids is 1. The molecule has 0 atom stereocenters. The Hall–Kier alpha value is -1.91. The van der Waals surface area contributed by atoms with Crippen molar-refractivity contribution in [3.8, 4) is 5.69 Å². The summed E-state index contributed by atoms with van der Waals surface area (Å²) >= 11 is 7.10. The second-order valence-corrected chi connectivity index (χ2v) is 5.63. The molecule has 0 saturated heterocycles. The third-order valence-corrected chi connectivity index (χ3v) is 3.87. The summed E-state index contributed by atoms with van der Waals surface area (Å²) in [6, 6.07) is 14.8. The molecule has 3 aromatic rings. The molecule has 5 heteroatoms. The summed E-state index contributed by atoms with van der Waals surface area (Å²) in [6.45, 7) is 0. The SMILES string of the molecule is O=C(c1ccn(-c2ccccc2)n1)c1ccc(Cl)s1. The van der Waals surface area contributed by atoms with Crippen molar-refractivity contribution in [3.05, 3.63) is 69.6 Å². The van der Waals surface area contributed by atoms with Gasteiger partial charge in [0.05, 0.1) is 14.9 Å². The highest BCUT2D eigenvalue weighted by Gasteiger charge is 2.14. The largest absolute Gasteiger partial charge is 0.286 e. The number of benzene rings is 1. The molecule has 19 heavy (non-hydrogen) atoms. The van der Waals surface area contributed by atoms with Crippen LogP contribution in [0, 0.1) is 0 Å². The summed E-state index contributed by atoms with van der Waals surface area (Å²) in [6.07, 6.45) is 1.78. The molecular formula is C14H9ClN2OS. The molecule has 0 saturated carbocycles. The summed E-state index contributed by atoms with van der Waals surface area (Å²) in [7, 11) is 0. The molecule has 0 N–H and O–H groups in total. The first-order valence-corrected chi connectivity index (χ1v) is 6.84. The molecule has 1 aromatic carbocycles. The van der Waals surface area contributed by atoms with Crippen LogP contribution in [0.3, 0.4) is 0 Å². The van der Waals surface area contributed by atoms with Crippen molar-refractivity contribution in [2.24, 2.45) is 0 Å². The van der Waals surface area contributed by atoms with Gasteiger partial charge in [0.25, 0.3) is 0 Å². The number of ketones is 1. The van der Waals surface area contributed by atoms with Gasteiger partial charge in [0, 0.05) is 6.20 Å². The summed E-state index contributed by atoms with van der Waals surface area (Å²) < 4.78 is 2.29. The van der Waals surface area contributed by atoms with Crippen molar-refractivity contribution in [3.63, 3.8) is 0 Å². The molecule has 0 aliphatic heterocycles. The average Bonchev–Trinajstić information content (AvgIpc) is 3.08. The number of thiophene rings is 1. The predicted octanol–water partition coefficient (Wildman–Crippen LogP) is 3.82. The number of hydrogen-bond acceptors (Lipinski definition) is 3. The number of para-hydroxylation sites is 1. The van der Waals surface area contributed by atoms with E-state index in [4.69, 9.17) is 11.6 Å². The van der Waals surface area contributed by atoms with Crippen molar-refractivity contribution < 1.29 is 4.79 Å². The molecule has 2 heterocycles. The minimum atomic E-state index is -0.105. The Morgan fingerprint density at radius 3 is 2.58 bits per heavy atom. The second-order valence-electron chi connectivity index (χ2n) is 3.91. The highest BCUT2D eigenvalue weighted by Crippen LogP contribution is 2.23. The third-order valence-electron chi connectivity index (χ3n) is 2.64. The molecule has 0 amide bonds. The minimum Gasteiger partial charge on any atom is -0.286 e. The van der Waals surface area contributed by atoms with Crippen molar-refractivity contribution in [1.29, 1.82) is 0 Å². The monoisotopic (exact) mass is 288 g/mol. The lowest BCUT2D eigenvalue weighted by Gasteiger charge is -1.99. The molecule has 0 radical (unpaired) electrons. The van der Waals surface area contributed by atoms with E-state index >= 15 is 0 Å². The topological polar surface area (TPSA) is 34.9 Å². The molecular weight excluding hydrogens is 280 g/mol. The lowest BCUT2D eigenvalue weighted by atomic mass is 10.2. The zero-order valence-electron chi connectivity index (χ0n) is 9.79. The maximum Gasteiger partial charge on any atom is 0.223 e. The van der Waals surface area contributed by atoms with Gasteiger partial charge in [-0.05, 0) is 30.3 Å². The van der Waals surface area contributed by atoms with Crippen LogP contribution in [0.25, 0.3) is 5.69 Å². The molecule has 0 aliphatic rings. The van der Waals surface area contributed by atoms with Crippen LogP contribution in [0.15, 0.2) is 54.7 Å². The van der Waals surface area contributed by atoms with Gasteiger partial charge in [-0.3, -0.25) is 4.79 Å². The molecule has 94 valence electrons. The lowest BCUT2D eigenvalue weighted by Crippen LogP contribution is -2.02. The third kappa shape index (κ3) is 2.45. The average molecular weight is 289 g/mol. The highest BCUT2D eigenvalue weighted by molar-refractivity contribution is 7.18. The van der Waals surface area contributed by atoms with E-state index in [1.807, 2.05) is 30.3 Å². The molecule has 0 aliphatic carbocycles. The van der Waals surface area contributed by atoms with E-state index in [0.29, 0.717) is 14.9 Å². The second kappa shape index (κ2) is 4.99. The van der Waals surface area contributed by atoms with E-state index in [9.17, 15) is 4.79 Å². The maximum atomic E-state index is 12.2. The predicted molar refractivity (Wildman–Crippen MR) is 76.3 cm³/mol. The number of carbonyl (C=O) groups is 1. The Kier molecular flexibility index (Phi) is 3.19. The first kappa shape index (κ1) is 12.1. The Balaban J connectivity index is 1.92. The van der Waals surface area contributed by atoms with Crippen LogP contribution in [0.5, 0.6) is 0 Å². The summed E-state index contributed by atoms with van der Waals surface area (Å²) in [5, 5.41) is 4.30. The fraction of sp³-hybridized carbons (Fsp3) is 0. The standard InChI is InChI=1S/C14H9ClN2OS/c15-13-7-6-12(19-13)14(18)11-8-9-17(16-11)10-4-2-1-3-5-10/h1-9H. The van der Waals surface area contributed by atoms with Gasteiger partial charge in [0.15, 0.2) is 0 Å². The van der Waals surface area contributed by atoms with E-state index in [-0.39, 0.29) is 5.78 Å². The van der Waals surface area contributed by atoms with E-state index < -0.39 is 0 Å². The van der Waals surface area contributed by atoms with Gasteiger partial charge in [-0.25, -0.2) is 4.68 Å². The fourth-order valence-electron chi connectivity index (χ4n) is 1.73. The normalized spacial score (nSPS) is 10.6. The van der Waals surface area contributed by atoms with Crippen LogP contribution in [0.2, 0.25) is 4.34 Å². The Labute approximate surface area is 119 Å². The van der Waals surface area contributed by atoms with Crippen molar-refractivity contribution in [2.45, 2.75) is 0 Å². The van der Waals surface area contributed by atoms with E-state index in [2.05, 4.69) is 5.10 Å². The summed E-state index contributed by atoms with van der Waals surface area (Å²) in [4.78, 5) is 12.8. The van der Waals surface area contributed by atoms with Gasteiger partial charge in [-0.1, -0.05) is 29.8 Å². The maximum absolute atomic E-state index is 12.2. The molecule has 2 aromatic heterocycles. The number of halogens is 1. The fourth-order valence-corrected chi connectivity index (χ4v) is 2.72. The summed E-state index contributed by atoms with van der Waals surface area (Å²) in [5.74, 6) is -0.105. The van der Waals surface area contributed by atoms with Gasteiger partial charge in [0.1, 0.15) is 5.69 Å².